The molecule has 1 aromatic rings. The fraction of sp³-hybridized carbons (Fsp3) is 0.500. The molecule has 1 atom stereocenters. The van der Waals surface area contributed by atoms with E-state index >= 15 is 0 Å². The Morgan fingerprint density at radius 2 is 2.00 bits per heavy atom. The van der Waals surface area contributed by atoms with Crippen molar-refractivity contribution in [2.75, 3.05) is 7.11 Å². The maximum atomic E-state index is 11.3. The van der Waals surface area contributed by atoms with Gasteiger partial charge in [-0.15, -0.1) is 0 Å². The Balaban J connectivity index is 2.32. The van der Waals surface area contributed by atoms with Crippen molar-refractivity contribution in [2.45, 2.75) is 39.7 Å². The molecule has 1 unspecified atom stereocenters. The molecule has 1 aliphatic heterocycles. The van der Waals surface area contributed by atoms with Gasteiger partial charge >= 0.3 is 5.97 Å². The molecule has 0 spiro atoms. The van der Waals surface area contributed by atoms with Gasteiger partial charge in [0.05, 0.1) is 13.5 Å². The van der Waals surface area contributed by atoms with Gasteiger partial charge in [-0.2, -0.15) is 0 Å². The predicted molar refractivity (Wildman–Crippen MR) is 67.1 cm³/mol. The van der Waals surface area contributed by atoms with Crippen molar-refractivity contribution in [1.82, 2.24) is 0 Å². The zero-order valence-corrected chi connectivity index (χ0v) is 11.2. The molecule has 0 aromatic heterocycles. The molecule has 0 radical (unpaired) electrons. The Labute approximate surface area is 107 Å². The average molecular weight is 250 g/mol. The molecule has 4 nitrogen and oxygen atoms in total. The predicted octanol–water partition coefficient (Wildman–Crippen LogP) is 2.18. The number of hydrogen-bond acceptors (Lipinski definition) is 4. The van der Waals surface area contributed by atoms with Crippen molar-refractivity contribution in [1.29, 1.82) is 0 Å². The van der Waals surface area contributed by atoms with Gasteiger partial charge in [0, 0.05) is 12.0 Å². The Morgan fingerprint density at radius 3 is 2.61 bits per heavy atom. The Kier molecular flexibility index (Phi) is 3.20. The van der Waals surface area contributed by atoms with E-state index in [1.807, 2.05) is 20.8 Å². The summed E-state index contributed by atoms with van der Waals surface area (Å²) >= 11 is 0. The standard InChI is InChI=1S/C14H18O4/c1-7-8(2)14-11(9(3)13(7)16)5-10(18-14)6-12(15)17-4/h10,16H,5-6H2,1-4H3. The van der Waals surface area contributed by atoms with Crippen LogP contribution in [0.2, 0.25) is 0 Å². The van der Waals surface area contributed by atoms with Crippen molar-refractivity contribution in [3.05, 3.63) is 22.3 Å². The van der Waals surface area contributed by atoms with Crippen LogP contribution >= 0.6 is 0 Å². The van der Waals surface area contributed by atoms with Crippen molar-refractivity contribution in [2.24, 2.45) is 0 Å². The first kappa shape index (κ1) is 12.7. The van der Waals surface area contributed by atoms with Crippen LogP contribution in [0.1, 0.15) is 28.7 Å². The topological polar surface area (TPSA) is 55.8 Å². The van der Waals surface area contributed by atoms with Crippen molar-refractivity contribution in [3.63, 3.8) is 0 Å². The van der Waals surface area contributed by atoms with Gasteiger partial charge < -0.3 is 14.6 Å². The second kappa shape index (κ2) is 4.52. The largest absolute Gasteiger partial charge is 0.507 e. The van der Waals surface area contributed by atoms with Crippen LogP contribution in [-0.2, 0) is 16.0 Å². The van der Waals surface area contributed by atoms with E-state index in [1.54, 1.807) is 0 Å². The first-order chi connectivity index (χ1) is 8.45. The van der Waals surface area contributed by atoms with Gasteiger partial charge in [-0.05, 0) is 37.5 Å². The van der Waals surface area contributed by atoms with E-state index in [2.05, 4.69) is 4.74 Å². The molecular formula is C14H18O4. The lowest BCUT2D eigenvalue weighted by Crippen LogP contribution is -2.19. The monoisotopic (exact) mass is 250 g/mol. The number of phenols is 1. The number of methoxy groups -OCH3 is 1. The van der Waals surface area contributed by atoms with E-state index in [4.69, 9.17) is 4.74 Å². The van der Waals surface area contributed by atoms with Gasteiger partial charge in [0.1, 0.15) is 17.6 Å². The summed E-state index contributed by atoms with van der Waals surface area (Å²) < 4.78 is 10.5. The summed E-state index contributed by atoms with van der Waals surface area (Å²) in [7, 11) is 1.37. The summed E-state index contributed by atoms with van der Waals surface area (Å²) in [4.78, 5) is 11.3. The van der Waals surface area contributed by atoms with E-state index in [0.717, 1.165) is 28.0 Å². The highest BCUT2D eigenvalue weighted by Crippen LogP contribution is 2.42. The third-order valence-corrected chi connectivity index (χ3v) is 3.68. The number of carbonyl (C=O) groups excluding carboxylic acids is 1. The molecule has 4 heteroatoms. The van der Waals surface area contributed by atoms with Gasteiger partial charge in [-0.25, -0.2) is 0 Å². The molecule has 1 N–H and O–H groups in total. The molecule has 2 rings (SSSR count). The summed E-state index contributed by atoms with van der Waals surface area (Å²) in [5, 5.41) is 10.0. The number of esters is 1. The molecule has 0 amide bonds. The first-order valence-corrected chi connectivity index (χ1v) is 6.00. The quantitative estimate of drug-likeness (QED) is 0.817. The maximum Gasteiger partial charge on any atom is 0.309 e. The average Bonchev–Trinajstić information content (AvgIpc) is 2.77. The van der Waals surface area contributed by atoms with Crippen LogP contribution in [-0.4, -0.2) is 24.3 Å². The number of benzene rings is 1. The highest BCUT2D eigenvalue weighted by Gasteiger charge is 2.30. The van der Waals surface area contributed by atoms with Gasteiger partial charge in [-0.1, -0.05) is 0 Å². The Bertz CT molecular complexity index is 468. The first-order valence-electron chi connectivity index (χ1n) is 6.00. The molecule has 1 heterocycles. The van der Waals surface area contributed by atoms with E-state index in [1.165, 1.54) is 7.11 Å². The van der Waals surface area contributed by atoms with Crippen LogP contribution in [0.15, 0.2) is 0 Å². The number of hydrogen-bond donors (Lipinski definition) is 1. The third kappa shape index (κ3) is 1.92. The number of aromatic hydroxyl groups is 1. The summed E-state index contributed by atoms with van der Waals surface area (Å²) in [5.41, 5.74) is 3.63. The van der Waals surface area contributed by atoms with Crippen molar-refractivity contribution >= 4 is 5.97 Å². The highest BCUT2D eigenvalue weighted by atomic mass is 16.5. The normalized spacial score (nSPS) is 17.2. The zero-order valence-electron chi connectivity index (χ0n) is 11.2. The lowest BCUT2D eigenvalue weighted by Gasteiger charge is -2.13. The SMILES string of the molecule is COC(=O)CC1Cc2c(C)c(O)c(C)c(C)c2O1. The summed E-state index contributed by atoms with van der Waals surface area (Å²) in [6.07, 6.45) is 0.695. The van der Waals surface area contributed by atoms with Gasteiger partial charge in [0.2, 0.25) is 0 Å². The number of phenolic OH excluding ortho intramolecular Hbond substituents is 1. The van der Waals surface area contributed by atoms with E-state index in [-0.39, 0.29) is 18.5 Å². The van der Waals surface area contributed by atoms with Crippen molar-refractivity contribution in [3.8, 4) is 11.5 Å². The number of rotatable bonds is 2. The van der Waals surface area contributed by atoms with E-state index in [0.29, 0.717) is 12.2 Å². The number of fused-ring (bicyclic) bond motifs is 1. The molecule has 98 valence electrons. The molecule has 1 aliphatic rings. The molecule has 18 heavy (non-hydrogen) atoms. The molecule has 0 fully saturated rings. The smallest absolute Gasteiger partial charge is 0.309 e. The molecule has 0 saturated carbocycles. The van der Waals surface area contributed by atoms with E-state index < -0.39 is 0 Å². The maximum absolute atomic E-state index is 11.3. The fourth-order valence-corrected chi connectivity index (χ4v) is 2.39. The molecule has 0 bridgehead atoms. The lowest BCUT2D eigenvalue weighted by atomic mass is 9.96. The van der Waals surface area contributed by atoms with Crippen LogP contribution in [0.3, 0.4) is 0 Å². The van der Waals surface area contributed by atoms with Gasteiger partial charge in [-0.3, -0.25) is 4.79 Å². The molecule has 1 aromatic carbocycles. The molecule has 0 saturated heterocycles. The molecule has 0 aliphatic carbocycles. The minimum Gasteiger partial charge on any atom is -0.507 e. The minimum absolute atomic E-state index is 0.189. The van der Waals surface area contributed by atoms with Crippen LogP contribution in [0.25, 0.3) is 0 Å². The summed E-state index contributed by atoms with van der Waals surface area (Å²) in [6.45, 7) is 5.67. The Hall–Kier alpha value is -1.71. The Morgan fingerprint density at radius 1 is 1.33 bits per heavy atom. The van der Waals surface area contributed by atoms with Gasteiger partial charge in [0.25, 0.3) is 0 Å². The summed E-state index contributed by atoms with van der Waals surface area (Å²) in [5.74, 6) is 0.870. The van der Waals surface area contributed by atoms with Crippen LogP contribution in [0, 0.1) is 20.8 Å². The lowest BCUT2D eigenvalue weighted by molar-refractivity contribution is -0.142. The third-order valence-electron chi connectivity index (χ3n) is 3.68. The van der Waals surface area contributed by atoms with Crippen molar-refractivity contribution < 1.29 is 19.4 Å². The minimum atomic E-state index is -0.274. The van der Waals surface area contributed by atoms with Crippen LogP contribution in [0.4, 0.5) is 0 Å². The second-order valence-electron chi connectivity index (χ2n) is 4.76. The number of carbonyl (C=O) groups is 1. The van der Waals surface area contributed by atoms with E-state index in [9.17, 15) is 9.90 Å². The van der Waals surface area contributed by atoms with Crippen LogP contribution < -0.4 is 4.74 Å². The summed E-state index contributed by atoms with van der Waals surface area (Å²) in [6, 6.07) is 0. The second-order valence-corrected chi connectivity index (χ2v) is 4.76. The van der Waals surface area contributed by atoms with Crippen LogP contribution in [0.5, 0.6) is 11.5 Å². The van der Waals surface area contributed by atoms with Gasteiger partial charge in [0.15, 0.2) is 0 Å². The zero-order chi connectivity index (χ0) is 13.4. The highest BCUT2D eigenvalue weighted by molar-refractivity contribution is 5.70. The molecular weight excluding hydrogens is 232 g/mol. The fourth-order valence-electron chi connectivity index (χ4n) is 2.39. The number of ether oxygens (including phenoxy) is 2.